The number of nitrogens with zero attached hydrogens (tertiary/aromatic N) is 2. The Bertz CT molecular complexity index is 557. The van der Waals surface area contributed by atoms with Gasteiger partial charge in [0.1, 0.15) is 0 Å². The largest absolute Gasteiger partial charge is 0.339 e. The van der Waals surface area contributed by atoms with E-state index in [2.05, 4.69) is 4.90 Å². The normalized spacial score (nSPS) is 32.0. The van der Waals surface area contributed by atoms with Crippen LogP contribution in [0.3, 0.4) is 0 Å². The van der Waals surface area contributed by atoms with E-state index in [4.69, 9.17) is 0 Å². The van der Waals surface area contributed by atoms with Crippen molar-refractivity contribution in [3.63, 3.8) is 0 Å². The lowest BCUT2D eigenvalue weighted by atomic mass is 9.76. The molecule has 4 heterocycles. The summed E-state index contributed by atoms with van der Waals surface area (Å²) in [5.74, 6) is 1.45. The van der Waals surface area contributed by atoms with Gasteiger partial charge in [0.25, 0.3) is 5.91 Å². The molecule has 3 saturated heterocycles. The van der Waals surface area contributed by atoms with Crippen LogP contribution >= 0.6 is 11.3 Å². The van der Waals surface area contributed by atoms with E-state index in [-0.39, 0.29) is 5.91 Å². The van der Waals surface area contributed by atoms with E-state index >= 15 is 0 Å². The predicted molar refractivity (Wildman–Crippen MR) is 81.2 cm³/mol. The number of thiophene rings is 1. The second-order valence-corrected chi connectivity index (χ2v) is 7.50. The van der Waals surface area contributed by atoms with Crippen molar-refractivity contribution < 1.29 is 9.59 Å². The Morgan fingerprint density at radius 1 is 1.29 bits per heavy atom. The Morgan fingerprint density at radius 2 is 2.19 bits per heavy atom. The number of carbonyl (C=O) groups excluding carboxylic acids is 2. The topological polar surface area (TPSA) is 40.6 Å². The monoisotopic (exact) mass is 304 g/mol. The fraction of sp³-hybridized carbons (Fsp3) is 0.625. The molecule has 1 aromatic rings. The quantitative estimate of drug-likeness (QED) is 0.798. The van der Waals surface area contributed by atoms with E-state index in [0.29, 0.717) is 30.2 Å². The highest BCUT2D eigenvalue weighted by molar-refractivity contribution is 7.12. The van der Waals surface area contributed by atoms with Crippen LogP contribution in [0.25, 0.3) is 0 Å². The van der Waals surface area contributed by atoms with Crippen molar-refractivity contribution in [3.8, 4) is 0 Å². The van der Waals surface area contributed by atoms with Crippen LogP contribution in [0.2, 0.25) is 0 Å². The van der Waals surface area contributed by atoms with Gasteiger partial charge in [-0.2, -0.15) is 0 Å². The number of carbonyl (C=O) groups is 2. The molecule has 2 bridgehead atoms. The van der Waals surface area contributed by atoms with Crippen molar-refractivity contribution in [1.82, 2.24) is 9.80 Å². The molecule has 3 aliphatic heterocycles. The van der Waals surface area contributed by atoms with Gasteiger partial charge in [-0.1, -0.05) is 6.07 Å². The molecule has 2 amide bonds. The average molecular weight is 304 g/mol. The first-order chi connectivity index (χ1) is 10.2. The highest BCUT2D eigenvalue weighted by Gasteiger charge is 2.44. The summed E-state index contributed by atoms with van der Waals surface area (Å²) in [5.41, 5.74) is 0. The maximum absolute atomic E-state index is 12.6. The number of amides is 2. The summed E-state index contributed by atoms with van der Waals surface area (Å²) in [7, 11) is 0. The Labute approximate surface area is 128 Å². The number of piperidine rings is 3. The summed E-state index contributed by atoms with van der Waals surface area (Å²) in [5, 5.41) is 1.96. The van der Waals surface area contributed by atoms with Crippen LogP contribution in [-0.4, -0.2) is 47.3 Å². The molecule has 0 aromatic carbocycles. The SMILES string of the molecule is O=C(c1cccs1)N1CC2CC(C1)C1CCCC(=O)N1C2. The molecule has 4 rings (SSSR count). The van der Waals surface area contributed by atoms with Gasteiger partial charge in [-0.25, -0.2) is 0 Å². The van der Waals surface area contributed by atoms with Crippen LogP contribution in [0.15, 0.2) is 17.5 Å². The zero-order valence-electron chi connectivity index (χ0n) is 12.0. The number of likely N-dealkylation sites (tertiary alicyclic amines) is 1. The molecule has 3 fully saturated rings. The lowest BCUT2D eigenvalue weighted by Gasteiger charge is -2.52. The first-order valence-corrected chi connectivity index (χ1v) is 8.72. The molecule has 1 aromatic heterocycles. The van der Waals surface area contributed by atoms with Crippen LogP contribution in [0.1, 0.15) is 35.4 Å². The van der Waals surface area contributed by atoms with Crippen LogP contribution in [0.5, 0.6) is 0 Å². The summed E-state index contributed by atoms with van der Waals surface area (Å²) >= 11 is 1.52. The van der Waals surface area contributed by atoms with Gasteiger partial charge in [-0.3, -0.25) is 9.59 Å². The second-order valence-electron chi connectivity index (χ2n) is 6.55. The molecule has 21 heavy (non-hydrogen) atoms. The van der Waals surface area contributed by atoms with E-state index in [0.717, 1.165) is 37.4 Å². The smallest absolute Gasteiger partial charge is 0.263 e. The van der Waals surface area contributed by atoms with Crippen molar-refractivity contribution in [2.45, 2.75) is 31.7 Å². The molecule has 4 nitrogen and oxygen atoms in total. The van der Waals surface area contributed by atoms with Crippen molar-refractivity contribution >= 4 is 23.2 Å². The van der Waals surface area contributed by atoms with Crippen LogP contribution < -0.4 is 0 Å². The standard InChI is InChI=1S/C16H20N2O2S/c19-15-5-1-3-13-12-7-11(9-18(13)15)8-17(10-12)16(20)14-4-2-6-21-14/h2,4,6,11-13H,1,3,5,7-10H2. The summed E-state index contributed by atoms with van der Waals surface area (Å²) in [6, 6.07) is 4.22. The predicted octanol–water partition coefficient (Wildman–Crippen LogP) is 2.22. The van der Waals surface area contributed by atoms with Gasteiger partial charge in [0.2, 0.25) is 5.91 Å². The summed E-state index contributed by atoms with van der Waals surface area (Å²) < 4.78 is 0. The third kappa shape index (κ3) is 2.27. The molecule has 3 aliphatic rings. The first kappa shape index (κ1) is 13.3. The molecule has 0 aliphatic carbocycles. The number of rotatable bonds is 1. The van der Waals surface area contributed by atoms with E-state index < -0.39 is 0 Å². The van der Waals surface area contributed by atoms with Gasteiger partial charge in [-0.05, 0) is 42.5 Å². The van der Waals surface area contributed by atoms with E-state index in [9.17, 15) is 9.59 Å². The van der Waals surface area contributed by atoms with Gasteiger partial charge in [0, 0.05) is 32.1 Å². The number of fused-ring (bicyclic) bond motifs is 4. The minimum absolute atomic E-state index is 0.176. The van der Waals surface area contributed by atoms with Gasteiger partial charge in [0.05, 0.1) is 4.88 Å². The molecule has 5 heteroatoms. The van der Waals surface area contributed by atoms with E-state index in [1.165, 1.54) is 17.8 Å². The third-order valence-corrected chi connectivity index (χ3v) is 6.06. The second kappa shape index (κ2) is 5.13. The molecule has 0 N–H and O–H groups in total. The third-order valence-electron chi connectivity index (χ3n) is 5.20. The lowest BCUT2D eigenvalue weighted by Crippen LogP contribution is -2.61. The minimum atomic E-state index is 0.176. The van der Waals surface area contributed by atoms with Crippen LogP contribution in [0, 0.1) is 11.8 Å². The number of hydrogen-bond acceptors (Lipinski definition) is 3. The molecule has 0 saturated carbocycles. The fourth-order valence-corrected chi connectivity index (χ4v) is 5.02. The lowest BCUT2D eigenvalue weighted by molar-refractivity contribution is -0.144. The highest BCUT2D eigenvalue weighted by atomic mass is 32.1. The average Bonchev–Trinajstić information content (AvgIpc) is 3.02. The molecule has 3 atom stereocenters. The van der Waals surface area contributed by atoms with Crippen LogP contribution in [0.4, 0.5) is 0 Å². The number of hydrogen-bond donors (Lipinski definition) is 0. The summed E-state index contributed by atoms with van der Waals surface area (Å²) in [6.07, 6.45) is 4.03. The minimum Gasteiger partial charge on any atom is -0.339 e. The first-order valence-electron chi connectivity index (χ1n) is 7.84. The molecule has 0 spiro atoms. The highest BCUT2D eigenvalue weighted by Crippen LogP contribution is 2.38. The van der Waals surface area contributed by atoms with Gasteiger partial charge >= 0.3 is 0 Å². The Balaban J connectivity index is 1.53. The molecular weight excluding hydrogens is 284 g/mol. The van der Waals surface area contributed by atoms with Crippen molar-refractivity contribution in [2.75, 3.05) is 19.6 Å². The zero-order chi connectivity index (χ0) is 14.4. The fourth-order valence-electron chi connectivity index (χ4n) is 4.33. The Hall–Kier alpha value is -1.36. The van der Waals surface area contributed by atoms with Crippen LogP contribution in [-0.2, 0) is 4.79 Å². The Morgan fingerprint density at radius 3 is 3.00 bits per heavy atom. The maximum Gasteiger partial charge on any atom is 0.263 e. The van der Waals surface area contributed by atoms with Gasteiger partial charge in [-0.15, -0.1) is 11.3 Å². The molecule has 0 radical (unpaired) electrons. The maximum atomic E-state index is 12.6. The van der Waals surface area contributed by atoms with Gasteiger partial charge < -0.3 is 9.80 Å². The van der Waals surface area contributed by atoms with Crippen molar-refractivity contribution in [3.05, 3.63) is 22.4 Å². The molecule has 3 unspecified atom stereocenters. The summed E-state index contributed by atoms with van der Waals surface area (Å²) in [4.78, 5) is 29.7. The van der Waals surface area contributed by atoms with Gasteiger partial charge in [0.15, 0.2) is 0 Å². The van der Waals surface area contributed by atoms with Crippen molar-refractivity contribution in [1.29, 1.82) is 0 Å². The zero-order valence-corrected chi connectivity index (χ0v) is 12.8. The molecular formula is C16H20N2O2S. The Kier molecular flexibility index (Phi) is 3.25. The van der Waals surface area contributed by atoms with E-state index in [1.54, 1.807) is 0 Å². The van der Waals surface area contributed by atoms with Crippen molar-refractivity contribution in [2.24, 2.45) is 11.8 Å². The summed E-state index contributed by atoms with van der Waals surface area (Å²) in [6.45, 7) is 2.49. The van der Waals surface area contributed by atoms with E-state index in [1.807, 2.05) is 22.4 Å². The molecule has 112 valence electrons.